The van der Waals surface area contributed by atoms with E-state index in [-0.39, 0.29) is 11.8 Å². The van der Waals surface area contributed by atoms with E-state index in [0.717, 1.165) is 21.0 Å². The highest BCUT2D eigenvalue weighted by Gasteiger charge is 2.28. The number of thiophene rings is 1. The van der Waals surface area contributed by atoms with Crippen molar-refractivity contribution in [2.75, 3.05) is 6.54 Å². The van der Waals surface area contributed by atoms with Crippen LogP contribution >= 0.6 is 22.9 Å². The molecule has 0 radical (unpaired) electrons. The van der Waals surface area contributed by atoms with Crippen molar-refractivity contribution >= 4 is 28.8 Å². The van der Waals surface area contributed by atoms with Gasteiger partial charge in [-0.3, -0.25) is 4.79 Å². The van der Waals surface area contributed by atoms with Crippen LogP contribution in [0.5, 0.6) is 0 Å². The lowest BCUT2D eigenvalue weighted by atomic mass is 9.89. The predicted molar refractivity (Wildman–Crippen MR) is 69.9 cm³/mol. The fraction of sp³-hybridized carbons (Fsp3) is 0.154. The van der Waals surface area contributed by atoms with Crippen LogP contribution < -0.4 is 5.32 Å². The van der Waals surface area contributed by atoms with E-state index in [4.69, 9.17) is 11.6 Å². The number of benzene rings is 1. The van der Waals surface area contributed by atoms with Gasteiger partial charge in [-0.1, -0.05) is 29.8 Å². The van der Waals surface area contributed by atoms with Crippen LogP contribution in [-0.2, 0) is 0 Å². The monoisotopic (exact) mass is 263 g/mol. The fourth-order valence-electron chi connectivity index (χ4n) is 2.20. The molecule has 3 rings (SSSR count). The topological polar surface area (TPSA) is 29.1 Å². The Labute approximate surface area is 108 Å². The molecule has 1 N–H and O–H groups in total. The minimum Gasteiger partial charge on any atom is -0.350 e. The van der Waals surface area contributed by atoms with Gasteiger partial charge >= 0.3 is 0 Å². The quantitative estimate of drug-likeness (QED) is 0.841. The van der Waals surface area contributed by atoms with E-state index < -0.39 is 0 Å². The third-order valence-electron chi connectivity index (χ3n) is 3.02. The highest BCUT2D eigenvalue weighted by atomic mass is 35.5. The highest BCUT2D eigenvalue weighted by Crippen LogP contribution is 2.35. The van der Waals surface area contributed by atoms with Gasteiger partial charge in [0, 0.05) is 17.5 Å². The summed E-state index contributed by atoms with van der Waals surface area (Å²) < 4.78 is 0. The molecule has 0 saturated heterocycles. The van der Waals surface area contributed by atoms with E-state index in [9.17, 15) is 4.79 Å². The van der Waals surface area contributed by atoms with Crippen LogP contribution in [0.3, 0.4) is 0 Å². The summed E-state index contributed by atoms with van der Waals surface area (Å²) in [7, 11) is 0. The molecular formula is C13H10ClNOS. The van der Waals surface area contributed by atoms with Crippen molar-refractivity contribution in [2.24, 2.45) is 0 Å². The number of hydrogen-bond acceptors (Lipinski definition) is 2. The average Bonchev–Trinajstić information content (AvgIpc) is 2.81. The predicted octanol–water partition coefficient (Wildman–Crippen LogP) is 3.28. The lowest BCUT2D eigenvalue weighted by molar-refractivity contribution is 0.0947. The Hall–Kier alpha value is -1.32. The summed E-state index contributed by atoms with van der Waals surface area (Å²) in [5, 5.41) is 5.63. The summed E-state index contributed by atoms with van der Waals surface area (Å²) in [4.78, 5) is 12.5. The molecule has 0 aliphatic carbocycles. The largest absolute Gasteiger partial charge is 0.350 e. The van der Waals surface area contributed by atoms with Gasteiger partial charge in [-0.15, -0.1) is 11.3 Å². The number of carbonyl (C=O) groups is 1. The highest BCUT2D eigenvalue weighted by molar-refractivity contribution is 7.12. The van der Waals surface area contributed by atoms with E-state index in [0.29, 0.717) is 6.54 Å². The summed E-state index contributed by atoms with van der Waals surface area (Å²) in [6.07, 6.45) is 0. The van der Waals surface area contributed by atoms with Gasteiger partial charge in [0.05, 0.1) is 4.88 Å². The van der Waals surface area contributed by atoms with Crippen LogP contribution in [0.2, 0.25) is 5.02 Å². The lowest BCUT2D eigenvalue weighted by Gasteiger charge is -2.24. The zero-order valence-corrected chi connectivity index (χ0v) is 10.5. The maximum atomic E-state index is 11.7. The Morgan fingerprint density at radius 3 is 2.88 bits per heavy atom. The van der Waals surface area contributed by atoms with E-state index in [1.165, 1.54) is 11.3 Å². The molecule has 86 valence electrons. The number of fused-ring (bicyclic) bond motifs is 1. The Bertz CT molecular complexity index is 578. The maximum absolute atomic E-state index is 11.7. The average molecular weight is 264 g/mol. The summed E-state index contributed by atoms with van der Waals surface area (Å²) in [5.41, 5.74) is 2.17. The van der Waals surface area contributed by atoms with E-state index in [1.807, 2.05) is 35.7 Å². The van der Waals surface area contributed by atoms with Gasteiger partial charge in [0.1, 0.15) is 0 Å². The second-order valence-corrected chi connectivity index (χ2v) is 5.31. The Morgan fingerprint density at radius 1 is 1.24 bits per heavy atom. The second-order valence-electron chi connectivity index (χ2n) is 3.99. The number of hydrogen-bond donors (Lipinski definition) is 1. The molecule has 0 saturated carbocycles. The molecule has 1 aliphatic heterocycles. The molecule has 17 heavy (non-hydrogen) atoms. The first-order valence-corrected chi connectivity index (χ1v) is 6.63. The molecule has 2 aromatic rings. The summed E-state index contributed by atoms with van der Waals surface area (Å²) in [6.45, 7) is 0.617. The molecular weight excluding hydrogens is 254 g/mol. The van der Waals surface area contributed by atoms with Crippen molar-refractivity contribution in [1.82, 2.24) is 5.32 Å². The summed E-state index contributed by atoms with van der Waals surface area (Å²) >= 11 is 7.70. The number of amides is 1. The Morgan fingerprint density at radius 2 is 2.06 bits per heavy atom. The minimum atomic E-state index is 0.0262. The van der Waals surface area contributed by atoms with Gasteiger partial charge < -0.3 is 5.32 Å². The third kappa shape index (κ3) is 1.75. The van der Waals surface area contributed by atoms with Crippen LogP contribution in [0.15, 0.2) is 35.7 Å². The Balaban J connectivity index is 2.11. The molecule has 2 heterocycles. The maximum Gasteiger partial charge on any atom is 0.261 e. The van der Waals surface area contributed by atoms with E-state index >= 15 is 0 Å². The van der Waals surface area contributed by atoms with Crippen molar-refractivity contribution in [1.29, 1.82) is 0 Å². The smallest absolute Gasteiger partial charge is 0.261 e. The molecule has 1 atom stereocenters. The lowest BCUT2D eigenvalue weighted by Crippen LogP contribution is -2.34. The van der Waals surface area contributed by atoms with Gasteiger partial charge in [-0.2, -0.15) is 0 Å². The molecule has 1 aliphatic rings. The number of carbonyl (C=O) groups excluding carboxylic acids is 1. The van der Waals surface area contributed by atoms with Crippen molar-refractivity contribution in [2.45, 2.75) is 5.92 Å². The van der Waals surface area contributed by atoms with Gasteiger partial charge in [-0.05, 0) is 28.6 Å². The summed E-state index contributed by atoms with van der Waals surface area (Å²) in [6, 6.07) is 9.82. The van der Waals surface area contributed by atoms with Crippen LogP contribution in [0, 0.1) is 0 Å². The number of rotatable bonds is 1. The van der Waals surface area contributed by atoms with E-state index in [2.05, 4.69) is 5.32 Å². The van der Waals surface area contributed by atoms with Gasteiger partial charge in [0.25, 0.3) is 5.91 Å². The molecule has 2 nitrogen and oxygen atoms in total. The molecule has 0 fully saturated rings. The van der Waals surface area contributed by atoms with Crippen molar-refractivity contribution in [3.63, 3.8) is 0 Å². The fourth-order valence-corrected chi connectivity index (χ4v) is 3.34. The molecule has 0 spiro atoms. The number of nitrogens with one attached hydrogen (secondary N) is 1. The molecule has 1 aromatic heterocycles. The molecule has 4 heteroatoms. The van der Waals surface area contributed by atoms with Crippen molar-refractivity contribution in [3.05, 3.63) is 56.7 Å². The van der Waals surface area contributed by atoms with Crippen molar-refractivity contribution < 1.29 is 4.79 Å². The first-order valence-electron chi connectivity index (χ1n) is 5.37. The van der Waals surface area contributed by atoms with Crippen LogP contribution in [0.1, 0.15) is 26.7 Å². The first-order chi connectivity index (χ1) is 8.27. The standard InChI is InChI=1S/C13H10ClNOS/c14-11-4-2-1-3-8(11)10-7-15-13(16)12-9(10)5-6-17-12/h1-6,10H,7H2,(H,15,16). The zero-order valence-electron chi connectivity index (χ0n) is 8.94. The van der Waals surface area contributed by atoms with Crippen LogP contribution in [0.25, 0.3) is 0 Å². The molecule has 1 aromatic carbocycles. The van der Waals surface area contributed by atoms with E-state index in [1.54, 1.807) is 0 Å². The molecule has 1 amide bonds. The third-order valence-corrected chi connectivity index (χ3v) is 4.30. The molecule has 0 bridgehead atoms. The zero-order chi connectivity index (χ0) is 11.8. The Kier molecular flexibility index (Phi) is 2.65. The van der Waals surface area contributed by atoms with Crippen molar-refractivity contribution in [3.8, 4) is 0 Å². The molecule has 1 unspecified atom stereocenters. The first kappa shape index (κ1) is 10.8. The van der Waals surface area contributed by atoms with Gasteiger partial charge in [0.15, 0.2) is 0 Å². The number of halogens is 1. The van der Waals surface area contributed by atoms with Gasteiger partial charge in [-0.25, -0.2) is 0 Å². The van der Waals surface area contributed by atoms with Gasteiger partial charge in [0.2, 0.25) is 0 Å². The van der Waals surface area contributed by atoms with Crippen LogP contribution in [-0.4, -0.2) is 12.5 Å². The van der Waals surface area contributed by atoms with Crippen LogP contribution in [0.4, 0.5) is 0 Å². The second kappa shape index (κ2) is 4.17. The minimum absolute atomic E-state index is 0.0262. The summed E-state index contributed by atoms with van der Waals surface area (Å²) in [5.74, 6) is 0.195. The normalized spacial score (nSPS) is 18.6. The SMILES string of the molecule is O=C1NCC(c2ccccc2Cl)c2ccsc21.